The number of halogens is 3. The lowest BCUT2D eigenvalue weighted by Crippen LogP contribution is -2.38. The lowest BCUT2D eigenvalue weighted by Gasteiger charge is -2.30. The van der Waals surface area contributed by atoms with Crippen molar-refractivity contribution in [2.75, 3.05) is 11.1 Å². The SMILES string of the molecule is CC(C)C1CCc2cc(-c3cc(N)cc(C(F)(F)F)c3)n(CC(=O)NCc3ccc(/C(N)=N\C(=O)OCc4ccccc4)cc3)c(=O)c2N1. The van der Waals surface area contributed by atoms with E-state index in [0.717, 1.165) is 24.1 Å². The van der Waals surface area contributed by atoms with Gasteiger partial charge in [-0.25, -0.2) is 4.79 Å². The van der Waals surface area contributed by atoms with Crippen LogP contribution in [0.5, 0.6) is 0 Å². The number of amides is 2. The monoisotopic (exact) mass is 674 g/mol. The number of nitrogens with two attached hydrogens (primary N) is 2. The van der Waals surface area contributed by atoms with Crippen LogP contribution < -0.4 is 27.7 Å². The first-order valence-corrected chi connectivity index (χ1v) is 15.7. The Labute approximate surface area is 281 Å². The summed E-state index contributed by atoms with van der Waals surface area (Å²) < 4.78 is 47.4. The van der Waals surface area contributed by atoms with E-state index in [1.165, 1.54) is 10.6 Å². The molecule has 6 N–H and O–H groups in total. The van der Waals surface area contributed by atoms with Crippen molar-refractivity contribution >= 4 is 29.2 Å². The molecule has 2 amide bonds. The highest BCUT2D eigenvalue weighted by atomic mass is 19.4. The second-order valence-corrected chi connectivity index (χ2v) is 12.2. The summed E-state index contributed by atoms with van der Waals surface area (Å²) in [4.78, 5) is 43.0. The summed E-state index contributed by atoms with van der Waals surface area (Å²) in [5.41, 5.74) is 13.4. The van der Waals surface area contributed by atoms with E-state index in [9.17, 15) is 27.6 Å². The van der Waals surface area contributed by atoms with Gasteiger partial charge >= 0.3 is 12.3 Å². The summed E-state index contributed by atoms with van der Waals surface area (Å²) in [6, 6.07) is 20.6. The Morgan fingerprint density at radius 1 is 1.04 bits per heavy atom. The van der Waals surface area contributed by atoms with Crippen LogP contribution in [0.25, 0.3) is 11.3 Å². The van der Waals surface area contributed by atoms with Crippen LogP contribution in [0.15, 0.2) is 88.6 Å². The molecule has 10 nitrogen and oxygen atoms in total. The van der Waals surface area contributed by atoms with E-state index in [1.807, 2.05) is 44.2 Å². The van der Waals surface area contributed by atoms with E-state index >= 15 is 0 Å². The normalized spacial score (nSPS) is 14.6. The number of fused-ring (bicyclic) bond motifs is 1. The van der Waals surface area contributed by atoms with Gasteiger partial charge < -0.3 is 26.8 Å². The molecule has 1 atom stereocenters. The van der Waals surface area contributed by atoms with Gasteiger partial charge in [0.1, 0.15) is 24.7 Å². The molecule has 0 spiro atoms. The summed E-state index contributed by atoms with van der Waals surface area (Å²) in [5.74, 6) is -0.351. The number of carbonyl (C=O) groups is 2. The molecular weight excluding hydrogens is 637 g/mol. The molecule has 1 aliphatic rings. The number of amidine groups is 1. The maximum absolute atomic E-state index is 13.9. The Morgan fingerprint density at radius 3 is 2.43 bits per heavy atom. The number of aliphatic imine (C=N–C) groups is 1. The van der Waals surface area contributed by atoms with Crippen LogP contribution in [-0.2, 0) is 41.8 Å². The van der Waals surface area contributed by atoms with E-state index in [-0.39, 0.29) is 47.9 Å². The highest BCUT2D eigenvalue weighted by molar-refractivity contribution is 6.02. The topological polar surface area (TPSA) is 154 Å². The van der Waals surface area contributed by atoms with E-state index < -0.39 is 35.8 Å². The third kappa shape index (κ3) is 8.66. The predicted octanol–water partition coefficient (Wildman–Crippen LogP) is 5.86. The Bertz CT molecular complexity index is 1920. The number of anilines is 2. The summed E-state index contributed by atoms with van der Waals surface area (Å²) in [6.07, 6.45) is -4.20. The number of pyridine rings is 1. The van der Waals surface area contributed by atoms with Crippen molar-refractivity contribution in [3.8, 4) is 11.3 Å². The second kappa shape index (κ2) is 14.7. The number of nitrogens with zero attached hydrogens (tertiary/aromatic N) is 2. The van der Waals surface area contributed by atoms with Gasteiger partial charge in [0.25, 0.3) is 5.56 Å². The average molecular weight is 675 g/mol. The van der Waals surface area contributed by atoms with Crippen LogP contribution in [0.4, 0.5) is 29.3 Å². The van der Waals surface area contributed by atoms with Gasteiger partial charge in [0, 0.05) is 29.4 Å². The number of alkyl halides is 3. The number of rotatable bonds is 9. The first-order valence-electron chi connectivity index (χ1n) is 15.7. The van der Waals surface area contributed by atoms with Crippen molar-refractivity contribution in [1.82, 2.24) is 9.88 Å². The number of hydrogen-bond donors (Lipinski definition) is 4. The number of aryl methyl sites for hydroxylation is 1. The molecule has 49 heavy (non-hydrogen) atoms. The Hall–Kier alpha value is -5.59. The van der Waals surface area contributed by atoms with Gasteiger partial charge in [-0.15, -0.1) is 0 Å². The minimum atomic E-state index is -4.66. The number of benzene rings is 3. The largest absolute Gasteiger partial charge is 0.443 e. The van der Waals surface area contributed by atoms with Gasteiger partial charge in [0.05, 0.1) is 11.3 Å². The Morgan fingerprint density at radius 2 is 1.76 bits per heavy atom. The molecule has 0 aliphatic carbocycles. The molecule has 13 heteroatoms. The fourth-order valence-electron chi connectivity index (χ4n) is 5.58. The molecule has 1 unspecified atom stereocenters. The predicted molar refractivity (Wildman–Crippen MR) is 182 cm³/mol. The number of ether oxygens (including phenoxy) is 1. The Balaban J connectivity index is 1.32. The smallest absolute Gasteiger partial charge is 0.435 e. The number of nitrogens with one attached hydrogen (secondary N) is 2. The molecule has 1 aromatic heterocycles. The van der Waals surface area contributed by atoms with E-state index in [1.54, 1.807) is 30.3 Å². The van der Waals surface area contributed by atoms with Crippen molar-refractivity contribution in [1.29, 1.82) is 0 Å². The highest BCUT2D eigenvalue weighted by Gasteiger charge is 2.32. The van der Waals surface area contributed by atoms with Crippen molar-refractivity contribution in [3.63, 3.8) is 0 Å². The molecule has 4 aromatic rings. The maximum Gasteiger partial charge on any atom is 0.435 e. The molecule has 0 fully saturated rings. The molecule has 0 saturated heterocycles. The minimum Gasteiger partial charge on any atom is -0.443 e. The first kappa shape index (κ1) is 34.7. The van der Waals surface area contributed by atoms with Crippen LogP contribution in [-0.4, -0.2) is 28.4 Å². The van der Waals surface area contributed by atoms with Crippen LogP contribution >= 0.6 is 0 Å². The molecule has 2 heterocycles. The number of carbonyl (C=O) groups excluding carboxylic acids is 2. The highest BCUT2D eigenvalue weighted by Crippen LogP contribution is 2.35. The Kier molecular flexibility index (Phi) is 10.4. The van der Waals surface area contributed by atoms with Crippen molar-refractivity contribution in [2.24, 2.45) is 16.6 Å². The summed E-state index contributed by atoms with van der Waals surface area (Å²) in [6.45, 7) is 3.74. The molecule has 0 saturated carbocycles. The van der Waals surface area contributed by atoms with Crippen molar-refractivity contribution in [2.45, 2.75) is 58.6 Å². The van der Waals surface area contributed by atoms with Gasteiger partial charge in [-0.3, -0.25) is 14.2 Å². The van der Waals surface area contributed by atoms with Gasteiger partial charge in [0.2, 0.25) is 5.91 Å². The fourth-order valence-corrected chi connectivity index (χ4v) is 5.58. The molecule has 256 valence electrons. The van der Waals surface area contributed by atoms with Crippen LogP contribution in [0.3, 0.4) is 0 Å². The van der Waals surface area contributed by atoms with Crippen molar-refractivity contribution < 1.29 is 27.5 Å². The quantitative estimate of drug-likeness (QED) is 0.0986. The summed E-state index contributed by atoms with van der Waals surface area (Å²) in [7, 11) is 0. The second-order valence-electron chi connectivity index (χ2n) is 12.2. The summed E-state index contributed by atoms with van der Waals surface area (Å²) in [5, 5.41) is 6.05. The average Bonchev–Trinajstić information content (AvgIpc) is 3.07. The summed E-state index contributed by atoms with van der Waals surface area (Å²) >= 11 is 0. The van der Waals surface area contributed by atoms with Crippen molar-refractivity contribution in [3.05, 3.63) is 117 Å². The molecule has 1 aliphatic heterocycles. The minimum absolute atomic E-state index is 0.0273. The zero-order valence-electron chi connectivity index (χ0n) is 27.0. The molecule has 0 radical (unpaired) electrons. The van der Waals surface area contributed by atoms with Gasteiger partial charge in [0.15, 0.2) is 0 Å². The lowest BCUT2D eigenvalue weighted by molar-refractivity contribution is -0.137. The third-order valence-corrected chi connectivity index (χ3v) is 8.28. The van der Waals surface area contributed by atoms with Gasteiger partial charge in [-0.1, -0.05) is 68.4 Å². The van der Waals surface area contributed by atoms with Crippen LogP contribution in [0.1, 0.15) is 48.1 Å². The maximum atomic E-state index is 13.9. The number of hydrogen-bond acceptors (Lipinski definition) is 6. The van der Waals surface area contributed by atoms with E-state index in [2.05, 4.69) is 15.6 Å². The fraction of sp³-hybridized carbons (Fsp3) is 0.278. The molecular formula is C36H37F3N6O4. The van der Waals surface area contributed by atoms with E-state index in [4.69, 9.17) is 16.2 Å². The van der Waals surface area contributed by atoms with Gasteiger partial charge in [-0.05, 0) is 59.7 Å². The molecule has 3 aromatic carbocycles. The zero-order valence-corrected chi connectivity index (χ0v) is 27.0. The number of aromatic nitrogens is 1. The molecule has 0 bridgehead atoms. The first-order chi connectivity index (χ1) is 23.3. The molecule has 5 rings (SSSR count). The number of nitrogen functional groups attached to an aromatic ring is 1. The standard InChI is InChI=1S/C36H37F3N6O4/c1-21(2)29-13-12-25-16-30(26-14-27(36(37,38)39)17-28(40)15-26)45(34(47)32(25)43-29)19-31(46)42-18-22-8-10-24(11-9-22)33(41)44-35(48)49-20-23-6-4-3-5-7-23/h3-11,14-17,21,29,43H,12-13,18-20,40H2,1-2H3,(H,42,46)(H2,41,44,48). The zero-order chi connectivity index (χ0) is 35.3. The third-order valence-electron chi connectivity index (χ3n) is 8.28. The van der Waals surface area contributed by atoms with Crippen LogP contribution in [0, 0.1) is 5.92 Å². The van der Waals surface area contributed by atoms with Crippen LogP contribution in [0.2, 0.25) is 0 Å². The van der Waals surface area contributed by atoms with E-state index in [0.29, 0.717) is 28.8 Å². The van der Waals surface area contributed by atoms with Gasteiger partial charge in [-0.2, -0.15) is 18.2 Å². The lowest BCUT2D eigenvalue weighted by atomic mass is 9.91.